The smallest absolute Gasteiger partial charge is 0.133 e. The van der Waals surface area contributed by atoms with Crippen LogP contribution in [-0.4, -0.2) is 36.8 Å². The maximum atomic E-state index is 9.35. The summed E-state index contributed by atoms with van der Waals surface area (Å²) in [5.74, 6) is 0.991. The molecule has 0 unspecified atom stereocenters. The Labute approximate surface area is 126 Å². The highest BCUT2D eigenvalue weighted by Gasteiger charge is 2.13. The van der Waals surface area contributed by atoms with Crippen molar-refractivity contribution in [2.24, 2.45) is 0 Å². The van der Waals surface area contributed by atoms with Gasteiger partial charge in [-0.1, -0.05) is 31.5 Å². The van der Waals surface area contributed by atoms with E-state index in [0.717, 1.165) is 42.7 Å². The number of pyridine rings is 1. The number of anilines is 1. The van der Waals surface area contributed by atoms with Crippen molar-refractivity contribution in [1.82, 2.24) is 10.3 Å². The maximum Gasteiger partial charge on any atom is 0.133 e. The lowest BCUT2D eigenvalue weighted by Gasteiger charge is -2.25. The summed E-state index contributed by atoms with van der Waals surface area (Å²) in [6.07, 6.45) is 2.24. The Kier molecular flexibility index (Phi) is 5.96. The number of fused-ring (bicyclic) bond motifs is 1. The van der Waals surface area contributed by atoms with Crippen LogP contribution in [0.1, 0.15) is 25.3 Å². The van der Waals surface area contributed by atoms with Gasteiger partial charge in [0, 0.05) is 30.6 Å². The van der Waals surface area contributed by atoms with Crippen molar-refractivity contribution in [1.29, 1.82) is 0 Å². The van der Waals surface area contributed by atoms with Crippen LogP contribution in [-0.2, 0) is 6.54 Å². The topological polar surface area (TPSA) is 48.4 Å². The molecule has 0 spiro atoms. The third-order valence-electron chi connectivity index (χ3n) is 3.60. The standard InChI is InChI=1S/C17H25N3O/c1-3-4-9-20(10-11-21)17-15(13-18-2)12-14-7-5-6-8-16(14)19-17/h5-8,12,18,21H,3-4,9-11,13H2,1-2H3. The Hall–Kier alpha value is -1.65. The lowest BCUT2D eigenvalue weighted by molar-refractivity contribution is 0.301. The van der Waals surface area contributed by atoms with Gasteiger partial charge in [0.2, 0.25) is 0 Å². The molecule has 0 saturated heterocycles. The van der Waals surface area contributed by atoms with Crippen LogP contribution in [0.2, 0.25) is 0 Å². The summed E-state index contributed by atoms with van der Waals surface area (Å²) in [5, 5.41) is 13.7. The Morgan fingerprint density at radius 1 is 1.24 bits per heavy atom. The summed E-state index contributed by atoms with van der Waals surface area (Å²) in [6.45, 7) is 4.67. The molecule has 4 heteroatoms. The van der Waals surface area contributed by atoms with Crippen LogP contribution in [0.3, 0.4) is 0 Å². The normalized spacial score (nSPS) is 11.0. The average molecular weight is 287 g/mol. The van der Waals surface area contributed by atoms with E-state index in [9.17, 15) is 5.11 Å². The zero-order chi connectivity index (χ0) is 15.1. The molecular formula is C17H25N3O. The van der Waals surface area contributed by atoms with Crippen molar-refractivity contribution in [2.45, 2.75) is 26.3 Å². The second-order valence-electron chi connectivity index (χ2n) is 5.26. The zero-order valence-corrected chi connectivity index (χ0v) is 13.0. The molecule has 0 aliphatic carbocycles. The molecule has 0 saturated carbocycles. The molecule has 0 fully saturated rings. The minimum atomic E-state index is 0.150. The van der Waals surface area contributed by atoms with Crippen LogP contribution in [0.25, 0.3) is 10.9 Å². The third kappa shape index (κ3) is 3.93. The Balaban J connectivity index is 2.43. The Morgan fingerprint density at radius 2 is 2.05 bits per heavy atom. The summed E-state index contributed by atoms with van der Waals surface area (Å²) in [5.41, 5.74) is 2.19. The van der Waals surface area contributed by atoms with Gasteiger partial charge in [0.1, 0.15) is 5.82 Å². The van der Waals surface area contributed by atoms with Gasteiger partial charge in [-0.05, 0) is 25.6 Å². The molecule has 0 aliphatic heterocycles. The van der Waals surface area contributed by atoms with Gasteiger partial charge < -0.3 is 15.3 Å². The minimum absolute atomic E-state index is 0.150. The highest BCUT2D eigenvalue weighted by molar-refractivity contribution is 5.81. The van der Waals surface area contributed by atoms with Gasteiger partial charge in [0.05, 0.1) is 12.1 Å². The molecule has 4 nitrogen and oxygen atoms in total. The predicted octanol–water partition coefficient (Wildman–Crippen LogP) is 2.55. The van der Waals surface area contributed by atoms with E-state index in [1.807, 2.05) is 25.2 Å². The van der Waals surface area contributed by atoms with E-state index in [1.54, 1.807) is 0 Å². The first kappa shape index (κ1) is 15.7. The van der Waals surface area contributed by atoms with E-state index in [1.165, 1.54) is 5.56 Å². The molecule has 0 atom stereocenters. The highest BCUT2D eigenvalue weighted by Crippen LogP contribution is 2.24. The molecule has 0 radical (unpaired) electrons. The molecule has 0 bridgehead atoms. The second kappa shape index (κ2) is 7.96. The fraction of sp³-hybridized carbons (Fsp3) is 0.471. The number of nitrogens with zero attached hydrogens (tertiary/aromatic N) is 2. The van der Waals surface area contributed by atoms with Gasteiger partial charge in [-0.3, -0.25) is 0 Å². The minimum Gasteiger partial charge on any atom is -0.395 e. The second-order valence-corrected chi connectivity index (χ2v) is 5.26. The van der Waals surface area contributed by atoms with Crippen molar-refractivity contribution in [3.8, 4) is 0 Å². The number of aliphatic hydroxyl groups excluding tert-OH is 1. The summed E-state index contributed by atoms with van der Waals surface area (Å²) in [6, 6.07) is 10.4. The summed E-state index contributed by atoms with van der Waals surface area (Å²) in [7, 11) is 1.95. The van der Waals surface area contributed by atoms with E-state index in [4.69, 9.17) is 4.98 Å². The number of nitrogens with one attached hydrogen (secondary N) is 1. The number of aromatic nitrogens is 1. The van der Waals surface area contributed by atoms with Crippen LogP contribution >= 0.6 is 0 Å². The van der Waals surface area contributed by atoms with Gasteiger partial charge in [-0.15, -0.1) is 0 Å². The number of benzene rings is 1. The predicted molar refractivity (Wildman–Crippen MR) is 88.7 cm³/mol. The number of aliphatic hydroxyl groups is 1. The molecule has 1 heterocycles. The molecule has 0 aliphatic rings. The molecular weight excluding hydrogens is 262 g/mol. The summed E-state index contributed by atoms with van der Waals surface area (Å²) in [4.78, 5) is 7.04. The molecule has 0 amide bonds. The number of hydrogen-bond donors (Lipinski definition) is 2. The van der Waals surface area contributed by atoms with Gasteiger partial charge in [-0.2, -0.15) is 0 Å². The number of unbranched alkanes of at least 4 members (excludes halogenated alkanes) is 1. The van der Waals surface area contributed by atoms with Gasteiger partial charge in [-0.25, -0.2) is 4.98 Å². The molecule has 1 aromatic heterocycles. The van der Waals surface area contributed by atoms with E-state index in [-0.39, 0.29) is 6.61 Å². The quantitative estimate of drug-likeness (QED) is 0.783. The van der Waals surface area contributed by atoms with Crippen molar-refractivity contribution >= 4 is 16.7 Å². The molecule has 2 rings (SSSR count). The van der Waals surface area contributed by atoms with Gasteiger partial charge in [0.15, 0.2) is 0 Å². The Morgan fingerprint density at radius 3 is 2.76 bits per heavy atom. The number of para-hydroxylation sites is 1. The van der Waals surface area contributed by atoms with Crippen LogP contribution in [0.5, 0.6) is 0 Å². The van der Waals surface area contributed by atoms with Gasteiger partial charge >= 0.3 is 0 Å². The summed E-state index contributed by atoms with van der Waals surface area (Å²) >= 11 is 0. The van der Waals surface area contributed by atoms with Crippen LogP contribution in [0, 0.1) is 0 Å². The molecule has 2 aromatic rings. The molecule has 21 heavy (non-hydrogen) atoms. The van der Waals surface area contributed by atoms with Crippen LogP contribution in [0.15, 0.2) is 30.3 Å². The fourth-order valence-electron chi connectivity index (χ4n) is 2.54. The average Bonchev–Trinajstić information content (AvgIpc) is 2.51. The van der Waals surface area contributed by atoms with Crippen molar-refractivity contribution in [3.63, 3.8) is 0 Å². The van der Waals surface area contributed by atoms with E-state index in [0.29, 0.717) is 6.54 Å². The SMILES string of the molecule is CCCCN(CCO)c1nc2ccccc2cc1CNC. The fourth-order valence-corrected chi connectivity index (χ4v) is 2.54. The first-order chi connectivity index (χ1) is 10.3. The van der Waals surface area contributed by atoms with Crippen LogP contribution in [0.4, 0.5) is 5.82 Å². The number of rotatable bonds is 8. The Bertz CT molecular complexity index is 571. The van der Waals surface area contributed by atoms with E-state index in [2.05, 4.69) is 29.3 Å². The first-order valence-electron chi connectivity index (χ1n) is 7.69. The lowest BCUT2D eigenvalue weighted by atomic mass is 10.1. The summed E-state index contributed by atoms with van der Waals surface area (Å²) < 4.78 is 0. The van der Waals surface area contributed by atoms with E-state index < -0.39 is 0 Å². The zero-order valence-electron chi connectivity index (χ0n) is 13.0. The number of hydrogen-bond acceptors (Lipinski definition) is 4. The maximum absolute atomic E-state index is 9.35. The largest absolute Gasteiger partial charge is 0.395 e. The highest BCUT2D eigenvalue weighted by atomic mass is 16.3. The van der Waals surface area contributed by atoms with Crippen molar-refractivity contribution in [3.05, 3.63) is 35.9 Å². The molecule has 2 N–H and O–H groups in total. The van der Waals surface area contributed by atoms with Crippen molar-refractivity contribution in [2.75, 3.05) is 31.6 Å². The first-order valence-corrected chi connectivity index (χ1v) is 7.69. The molecule has 1 aromatic carbocycles. The monoisotopic (exact) mass is 287 g/mol. The van der Waals surface area contributed by atoms with E-state index >= 15 is 0 Å². The van der Waals surface area contributed by atoms with Crippen molar-refractivity contribution < 1.29 is 5.11 Å². The molecule has 114 valence electrons. The van der Waals surface area contributed by atoms with Crippen LogP contribution < -0.4 is 10.2 Å². The third-order valence-corrected chi connectivity index (χ3v) is 3.60. The lowest BCUT2D eigenvalue weighted by Crippen LogP contribution is -2.30. The van der Waals surface area contributed by atoms with Gasteiger partial charge in [0.25, 0.3) is 0 Å².